The number of ketones is 1. The van der Waals surface area contributed by atoms with Gasteiger partial charge in [0.25, 0.3) is 11.7 Å². The molecule has 1 amide bonds. The fourth-order valence-electron chi connectivity index (χ4n) is 5.43. The molecule has 2 fully saturated rings. The predicted molar refractivity (Wildman–Crippen MR) is 149 cm³/mol. The molecular weight excluding hydrogens is 508 g/mol. The van der Waals surface area contributed by atoms with Crippen LogP contribution in [0.25, 0.3) is 11.4 Å². The molecule has 0 saturated carbocycles. The highest BCUT2D eigenvalue weighted by Crippen LogP contribution is 2.41. The number of hydrogen-bond donors (Lipinski definition) is 1. The fraction of sp³-hybridized carbons (Fsp3) is 0.258. The minimum absolute atomic E-state index is 0.0394. The highest BCUT2D eigenvalue weighted by molar-refractivity contribution is 6.46. The largest absolute Gasteiger partial charge is 0.505 e. The third kappa shape index (κ3) is 4.85. The van der Waals surface area contributed by atoms with Gasteiger partial charge in [-0.25, -0.2) is 4.98 Å². The van der Waals surface area contributed by atoms with Crippen molar-refractivity contribution in [2.24, 2.45) is 0 Å². The van der Waals surface area contributed by atoms with E-state index >= 15 is 0 Å². The first-order valence-corrected chi connectivity index (χ1v) is 13.4. The SMILES string of the molecule is Cc1nc2ccccn2c1/C(O)=C1\C(=O)C(=O)N(CCN2CCOCC2)C1c1cccc(Oc2ccccc2)c1. The standard InChI is InChI=1S/C31H30N4O5/c1-21-27(34-13-6-5-12-25(34)32-21)29(36)26-28(22-8-7-11-24(20-22)40-23-9-3-2-4-10-23)35(31(38)30(26)37)15-14-33-16-18-39-19-17-33/h2-13,20,28,36H,14-19H2,1H3/b29-26+. The van der Waals surface area contributed by atoms with Crippen LogP contribution in [0, 0.1) is 6.92 Å². The van der Waals surface area contributed by atoms with Crippen molar-refractivity contribution in [3.63, 3.8) is 0 Å². The maximum absolute atomic E-state index is 13.6. The van der Waals surface area contributed by atoms with Gasteiger partial charge < -0.3 is 19.5 Å². The van der Waals surface area contributed by atoms with Crippen LogP contribution >= 0.6 is 0 Å². The van der Waals surface area contributed by atoms with Gasteiger partial charge in [0, 0.05) is 32.4 Å². The van der Waals surface area contributed by atoms with Gasteiger partial charge in [0.2, 0.25) is 0 Å². The van der Waals surface area contributed by atoms with Crippen molar-refractivity contribution in [1.29, 1.82) is 0 Å². The van der Waals surface area contributed by atoms with E-state index < -0.39 is 17.7 Å². The molecule has 0 aliphatic carbocycles. The number of likely N-dealkylation sites (tertiary alicyclic amines) is 1. The molecular formula is C31H30N4O5. The van der Waals surface area contributed by atoms with Crippen LogP contribution in [0.3, 0.4) is 0 Å². The van der Waals surface area contributed by atoms with Crippen LogP contribution in [0.1, 0.15) is 23.0 Å². The molecule has 4 heterocycles. The van der Waals surface area contributed by atoms with Crippen molar-refractivity contribution in [2.45, 2.75) is 13.0 Å². The fourth-order valence-corrected chi connectivity index (χ4v) is 5.43. The maximum Gasteiger partial charge on any atom is 0.295 e. The smallest absolute Gasteiger partial charge is 0.295 e. The molecule has 1 atom stereocenters. The number of imidazole rings is 1. The monoisotopic (exact) mass is 538 g/mol. The number of aliphatic hydroxyl groups is 1. The minimum atomic E-state index is -0.797. The minimum Gasteiger partial charge on any atom is -0.505 e. The number of benzene rings is 2. The van der Waals surface area contributed by atoms with Gasteiger partial charge in [0.1, 0.15) is 22.8 Å². The zero-order chi connectivity index (χ0) is 27.6. The number of fused-ring (bicyclic) bond motifs is 1. The van der Waals surface area contributed by atoms with Gasteiger partial charge in [-0.1, -0.05) is 36.4 Å². The van der Waals surface area contributed by atoms with Gasteiger partial charge in [-0.05, 0) is 48.9 Å². The summed E-state index contributed by atoms with van der Waals surface area (Å²) in [5.41, 5.74) is 2.30. The molecule has 2 aliphatic rings. The van der Waals surface area contributed by atoms with Crippen LogP contribution < -0.4 is 4.74 Å². The number of para-hydroxylation sites is 1. The van der Waals surface area contributed by atoms with Gasteiger partial charge in [-0.3, -0.25) is 18.9 Å². The van der Waals surface area contributed by atoms with Crippen molar-refractivity contribution in [1.82, 2.24) is 19.2 Å². The molecule has 4 aromatic rings. The van der Waals surface area contributed by atoms with Crippen LogP contribution in [-0.4, -0.2) is 75.4 Å². The zero-order valence-corrected chi connectivity index (χ0v) is 22.2. The Kier molecular flexibility index (Phi) is 7.06. The molecule has 2 aromatic carbocycles. The van der Waals surface area contributed by atoms with Gasteiger partial charge in [0.05, 0.1) is 30.5 Å². The van der Waals surface area contributed by atoms with Crippen LogP contribution in [0.2, 0.25) is 0 Å². The third-order valence-electron chi connectivity index (χ3n) is 7.38. The predicted octanol–water partition coefficient (Wildman–Crippen LogP) is 4.19. The first kappa shape index (κ1) is 25.8. The highest BCUT2D eigenvalue weighted by atomic mass is 16.5. The van der Waals surface area contributed by atoms with E-state index in [1.54, 1.807) is 22.4 Å². The van der Waals surface area contributed by atoms with E-state index in [4.69, 9.17) is 9.47 Å². The number of nitrogens with zero attached hydrogens (tertiary/aromatic N) is 4. The lowest BCUT2D eigenvalue weighted by Gasteiger charge is -2.31. The van der Waals surface area contributed by atoms with Gasteiger partial charge in [-0.2, -0.15) is 0 Å². The first-order chi connectivity index (χ1) is 19.5. The summed E-state index contributed by atoms with van der Waals surface area (Å²) < 4.78 is 13.3. The van der Waals surface area contributed by atoms with E-state index in [9.17, 15) is 14.7 Å². The van der Waals surface area contributed by atoms with E-state index in [1.807, 2.05) is 72.8 Å². The molecule has 40 heavy (non-hydrogen) atoms. The molecule has 204 valence electrons. The van der Waals surface area contributed by atoms with Gasteiger partial charge in [-0.15, -0.1) is 0 Å². The summed E-state index contributed by atoms with van der Waals surface area (Å²) in [5.74, 6) is -0.372. The Hall–Kier alpha value is -4.47. The molecule has 6 rings (SSSR count). The second-order valence-electron chi connectivity index (χ2n) is 9.91. The highest BCUT2D eigenvalue weighted by Gasteiger charge is 2.46. The molecule has 0 spiro atoms. The number of aliphatic hydroxyl groups excluding tert-OH is 1. The third-order valence-corrected chi connectivity index (χ3v) is 7.38. The number of amides is 1. The number of morpholine rings is 1. The van der Waals surface area contributed by atoms with Crippen molar-refractivity contribution >= 4 is 23.1 Å². The number of pyridine rings is 1. The van der Waals surface area contributed by atoms with Crippen molar-refractivity contribution in [2.75, 3.05) is 39.4 Å². The molecule has 1 unspecified atom stereocenters. The Morgan fingerprint density at radius 3 is 2.52 bits per heavy atom. The Balaban J connectivity index is 1.44. The topological polar surface area (TPSA) is 96.6 Å². The Bertz CT molecular complexity index is 1590. The average Bonchev–Trinajstić information content (AvgIpc) is 3.45. The zero-order valence-electron chi connectivity index (χ0n) is 22.2. The lowest BCUT2D eigenvalue weighted by Crippen LogP contribution is -2.42. The summed E-state index contributed by atoms with van der Waals surface area (Å²) in [5, 5.41) is 11.7. The Labute approximate surface area is 231 Å². The second-order valence-corrected chi connectivity index (χ2v) is 9.91. The number of rotatable bonds is 7. The number of carbonyl (C=O) groups excluding carboxylic acids is 2. The van der Waals surface area contributed by atoms with Crippen molar-refractivity contribution in [3.8, 4) is 11.5 Å². The summed E-state index contributed by atoms with van der Waals surface area (Å²) >= 11 is 0. The molecule has 9 heteroatoms. The number of carbonyl (C=O) groups is 2. The molecule has 1 N–H and O–H groups in total. The van der Waals surface area contributed by atoms with E-state index in [1.165, 1.54) is 0 Å². The van der Waals surface area contributed by atoms with Gasteiger partial charge >= 0.3 is 0 Å². The van der Waals surface area contributed by atoms with Crippen LogP contribution in [0.5, 0.6) is 11.5 Å². The Morgan fingerprint density at radius 1 is 0.975 bits per heavy atom. The van der Waals surface area contributed by atoms with E-state index in [0.717, 1.165) is 13.1 Å². The maximum atomic E-state index is 13.6. The number of hydrogen-bond acceptors (Lipinski definition) is 7. The molecule has 2 saturated heterocycles. The van der Waals surface area contributed by atoms with Crippen molar-refractivity contribution < 1.29 is 24.2 Å². The summed E-state index contributed by atoms with van der Waals surface area (Å²) in [7, 11) is 0. The molecule has 2 aromatic heterocycles. The summed E-state index contributed by atoms with van der Waals surface area (Å²) in [6.45, 7) is 5.47. The molecule has 0 radical (unpaired) electrons. The van der Waals surface area contributed by atoms with E-state index in [-0.39, 0.29) is 11.3 Å². The van der Waals surface area contributed by atoms with Crippen LogP contribution in [-0.2, 0) is 14.3 Å². The van der Waals surface area contributed by atoms with Crippen LogP contribution in [0.4, 0.5) is 0 Å². The second kappa shape index (κ2) is 11.0. The average molecular weight is 539 g/mol. The normalized spacial score (nSPS) is 19.4. The van der Waals surface area contributed by atoms with E-state index in [2.05, 4.69) is 9.88 Å². The number of aryl methyl sites for hydroxylation is 1. The molecule has 9 nitrogen and oxygen atoms in total. The quantitative estimate of drug-likeness (QED) is 0.214. The summed E-state index contributed by atoms with van der Waals surface area (Å²) in [6, 6.07) is 21.4. The lowest BCUT2D eigenvalue weighted by atomic mass is 9.96. The first-order valence-electron chi connectivity index (χ1n) is 13.4. The number of aromatic nitrogens is 2. The Morgan fingerprint density at radius 2 is 1.73 bits per heavy atom. The van der Waals surface area contributed by atoms with E-state index in [0.29, 0.717) is 60.4 Å². The lowest BCUT2D eigenvalue weighted by molar-refractivity contribution is -0.140. The van der Waals surface area contributed by atoms with Crippen LogP contribution in [0.15, 0.2) is 84.6 Å². The summed E-state index contributed by atoms with van der Waals surface area (Å²) in [4.78, 5) is 35.4. The molecule has 2 aliphatic heterocycles. The van der Waals surface area contributed by atoms with Gasteiger partial charge in [0.15, 0.2) is 5.76 Å². The van der Waals surface area contributed by atoms with Crippen molar-refractivity contribution in [3.05, 3.63) is 102 Å². The number of Topliss-reactive ketones (excluding diaryl/α,β-unsaturated/α-hetero) is 1. The summed E-state index contributed by atoms with van der Waals surface area (Å²) in [6.07, 6.45) is 1.78. The molecule has 0 bridgehead atoms. The number of ether oxygens (including phenoxy) is 2.